The van der Waals surface area contributed by atoms with Crippen molar-refractivity contribution in [2.75, 3.05) is 0 Å². The Morgan fingerprint density at radius 1 is 0.201 bits per heavy atom. The topological polar surface area (TPSA) is 323 Å². The van der Waals surface area contributed by atoms with Gasteiger partial charge in [-0.25, -0.2) is 0 Å². The van der Waals surface area contributed by atoms with Crippen molar-refractivity contribution in [3.63, 3.8) is 0 Å². The first-order chi connectivity index (χ1) is 67.9. The molecule has 0 aliphatic carbocycles. The second-order valence-electron chi connectivity index (χ2n) is 32.2. The summed E-state index contributed by atoms with van der Waals surface area (Å²) in [5.41, 5.74) is 17.7. The molecular weight excluding hydrogens is 2910 g/mol. The Balaban J connectivity index is 0.000000108. The van der Waals surface area contributed by atoms with Gasteiger partial charge in [-0.05, 0) is 82.0 Å². The molecule has 30 aromatic rings. The van der Waals surface area contributed by atoms with E-state index in [1.807, 2.05) is 293 Å². The van der Waals surface area contributed by atoms with Crippen molar-refractivity contribution in [1.82, 2.24) is 115 Å². The van der Waals surface area contributed by atoms with E-state index in [1.54, 1.807) is 115 Å². The van der Waals surface area contributed by atoms with Crippen molar-refractivity contribution in [3.05, 3.63) is 371 Å². The maximum atomic E-state index is 5.77. The number of hydrogen-bond acceptors (Lipinski definition) is 12. The van der Waals surface area contributed by atoms with Gasteiger partial charge in [-0.3, -0.25) is 13.7 Å². The number of aryl methyl sites for hydroxylation is 6. The fourth-order valence-electron chi connectivity index (χ4n) is 17.2. The summed E-state index contributed by atoms with van der Waals surface area (Å²) in [7, 11) is 11.6. The van der Waals surface area contributed by atoms with Crippen LogP contribution in [0.5, 0.6) is 0 Å². The zero-order valence-electron chi connectivity index (χ0n) is 75.5. The molecule has 0 aliphatic heterocycles. The second kappa shape index (κ2) is 40.5. The number of rotatable bonds is 12. The molecule has 0 N–H and O–H groups in total. The SMILES string of the molecule is C[n+]1[c-]n(-c2cccc3c2[n-]c2c(-n4[c-]ncc4)coc23)cc1.C[n+]1[c-]n(-c2cccc3c2[n-]c2c(-n4[c-]ncc4)occ23)cc1.C[n+]1[c-]n(-c2cccc3c2[n-]c2c(-n4[c-]ncc4)occ23)cc1.C[n+]1[c-]n(-c2occ3c2[n-]c2c(-n4[c-]ncc4)cccc23)cc1.C[n+]1[c-]n(-c2occ3c2[n-]c2c(-n4[c-]ncc4)cccc23)cc1.C[n+]1[c-]n(-c2occ3c2[n-]c2c(-n4[c-]ncc4)cccc23)cc1.[Pt].[Pt].[Pt].[Pt].[Pt].[Pt]. The quantitative estimate of drug-likeness (QED) is 0.0810. The molecule has 0 radical (unpaired) electrons. The number of nitrogens with zero attached hydrogens (tertiary/aromatic N) is 30. The van der Waals surface area contributed by atoms with Crippen LogP contribution in [0.2, 0.25) is 0 Å². The van der Waals surface area contributed by atoms with Crippen molar-refractivity contribution >= 4 is 131 Å². The second-order valence-corrected chi connectivity index (χ2v) is 32.2. The third-order valence-electron chi connectivity index (χ3n) is 23.5. The molecule has 30 rings (SSSR count). The van der Waals surface area contributed by atoms with Gasteiger partial charge in [0.15, 0.2) is 17.7 Å². The van der Waals surface area contributed by atoms with E-state index in [0.29, 0.717) is 29.4 Å². The van der Waals surface area contributed by atoms with E-state index in [4.69, 9.17) is 56.4 Å². The van der Waals surface area contributed by atoms with Crippen molar-refractivity contribution in [1.29, 1.82) is 0 Å². The molecule has 0 saturated heterocycles. The van der Waals surface area contributed by atoms with Crippen molar-refractivity contribution in [3.8, 4) is 69.2 Å². The van der Waals surface area contributed by atoms with Gasteiger partial charge in [0.05, 0.1) is 79.9 Å². The van der Waals surface area contributed by atoms with Gasteiger partial charge >= 0.3 is 0 Å². The molecule has 42 heteroatoms. The monoisotopic (exact) mass is 2980 g/mol. The Morgan fingerprint density at radius 3 is 0.646 bits per heavy atom. The minimum atomic E-state index is 0. The molecule has 0 atom stereocenters. The average molecular weight is 2980 g/mol. The number of fused-ring (bicyclic) bond motifs is 18. The zero-order chi connectivity index (χ0) is 92.3. The zero-order valence-corrected chi connectivity index (χ0v) is 89.1. The summed E-state index contributed by atoms with van der Waals surface area (Å²) in [5, 5.41) is 11.2. The molecule has 0 saturated carbocycles. The third-order valence-corrected chi connectivity index (χ3v) is 23.5. The van der Waals surface area contributed by atoms with Gasteiger partial charge < -0.3 is 155 Å². The summed E-state index contributed by atoms with van der Waals surface area (Å²) in [5.74, 6) is 3.25. The molecule has 0 spiro atoms. The normalized spacial score (nSPS) is 11.2. The van der Waals surface area contributed by atoms with Crippen LogP contribution in [0.25, 0.3) is 200 Å². The first-order valence-corrected chi connectivity index (χ1v) is 42.9. The Labute approximate surface area is 900 Å². The maximum absolute atomic E-state index is 5.77. The minimum Gasteiger partial charge on any atom is -0.665 e. The Bertz CT molecular complexity index is 8760. The molecule has 24 aromatic heterocycles. The van der Waals surface area contributed by atoms with Gasteiger partial charge in [0.2, 0.25) is 38.0 Å². The van der Waals surface area contributed by atoms with Crippen LogP contribution in [-0.2, 0) is 169 Å². The fourth-order valence-corrected chi connectivity index (χ4v) is 17.2. The van der Waals surface area contributed by atoms with Gasteiger partial charge in [-0.15, -0.1) is 49.7 Å². The molecule has 24 heterocycles. The number of benzene rings is 6. The first kappa shape index (κ1) is 97.3. The average Bonchev–Trinajstić information content (AvgIpc) is 1.62. The van der Waals surface area contributed by atoms with Crippen molar-refractivity contribution < 1.29 is 180 Å². The van der Waals surface area contributed by atoms with Crippen LogP contribution in [0.4, 0.5) is 0 Å². The fraction of sp³-hybridized carbons (Fsp3) is 0.0588. The summed E-state index contributed by atoms with van der Waals surface area (Å²) in [6, 6.07) is 36.4. The maximum Gasteiger partial charge on any atom is 0.245 e. The van der Waals surface area contributed by atoms with Crippen LogP contribution in [0, 0.1) is 75.9 Å². The van der Waals surface area contributed by atoms with Crippen molar-refractivity contribution in [2.45, 2.75) is 0 Å². The molecule has 0 aliphatic rings. The molecule has 0 unspecified atom stereocenters. The number of para-hydroxylation sites is 6. The van der Waals surface area contributed by atoms with E-state index < -0.39 is 0 Å². The van der Waals surface area contributed by atoms with Gasteiger partial charge in [0.1, 0.15) is 17.4 Å². The number of aromatic nitrogens is 30. The number of furan rings is 6. The van der Waals surface area contributed by atoms with Gasteiger partial charge in [0.25, 0.3) is 0 Å². The van der Waals surface area contributed by atoms with E-state index >= 15 is 0 Å². The summed E-state index contributed by atoms with van der Waals surface area (Å²) < 4.78 is 67.3. The number of hydrogen-bond donors (Lipinski definition) is 0. The largest absolute Gasteiger partial charge is 0.665 e. The standard InChI is InChI=1S/6C17H11N5O.6Pt/c2*1-20-7-8-22(11-20)14-4-2-3-12-13-9-23-17(16(13)19-15(12)14)21-6-5-18-10-21;3*1-20-7-8-22(11-20)17-16-13(9-23-17)12-3-2-4-14(15(12)19-16)21-6-5-18-10-21;1-20-7-8-22(11-20)13-4-2-3-12-15(13)19-16-14(9-23-17(12)16)21-6-5-18-10-21;;;;;;/h6*2-9H,1H3;;;;;;/q6*-2;;;;;;. The number of imidazole rings is 12. The molecule has 0 amide bonds. The van der Waals surface area contributed by atoms with Crippen LogP contribution >= 0.6 is 0 Å². The molecule has 0 bridgehead atoms. The molecule has 144 heavy (non-hydrogen) atoms. The Morgan fingerprint density at radius 2 is 0.410 bits per heavy atom. The van der Waals surface area contributed by atoms with Crippen LogP contribution in [0.1, 0.15) is 0 Å². The van der Waals surface area contributed by atoms with E-state index in [-0.39, 0.29) is 126 Å². The van der Waals surface area contributed by atoms with E-state index in [0.717, 1.165) is 171 Å². The van der Waals surface area contributed by atoms with Gasteiger partial charge in [-0.2, -0.15) is 0 Å². The van der Waals surface area contributed by atoms with Gasteiger partial charge in [0, 0.05) is 256 Å². The third kappa shape index (κ3) is 17.4. The Hall–Kier alpha value is -15.6. The first-order valence-electron chi connectivity index (χ1n) is 42.9. The minimum absolute atomic E-state index is 0. The van der Waals surface area contributed by atoms with E-state index in [9.17, 15) is 0 Å². The molecule has 0 fully saturated rings. The van der Waals surface area contributed by atoms with Gasteiger partial charge in [-0.1, -0.05) is 200 Å². The van der Waals surface area contributed by atoms with E-state index in [1.165, 1.54) is 0 Å². The summed E-state index contributed by atoms with van der Waals surface area (Å²) >= 11 is 0. The molecule has 36 nitrogen and oxygen atoms in total. The summed E-state index contributed by atoms with van der Waals surface area (Å²) in [6.45, 7) is 0. The smallest absolute Gasteiger partial charge is 0.245 e. The Kier molecular flexibility index (Phi) is 27.3. The van der Waals surface area contributed by atoms with E-state index in [2.05, 4.69) is 118 Å². The van der Waals surface area contributed by atoms with Crippen LogP contribution in [0.3, 0.4) is 0 Å². The van der Waals surface area contributed by atoms with Crippen molar-refractivity contribution in [2.24, 2.45) is 42.3 Å². The van der Waals surface area contributed by atoms with Crippen LogP contribution < -0.4 is 57.3 Å². The summed E-state index contributed by atoms with van der Waals surface area (Å²) in [4.78, 5) is 52.7. The predicted octanol–water partition coefficient (Wildman–Crippen LogP) is 11.7. The molecule has 732 valence electrons. The summed E-state index contributed by atoms with van der Waals surface area (Å²) in [6.07, 6.45) is 91.0. The molecular formula is C102H66N30O6Pt6-12. The van der Waals surface area contributed by atoms with Crippen LogP contribution in [0.15, 0.2) is 322 Å². The predicted molar refractivity (Wildman–Crippen MR) is 494 cm³/mol. The molecule has 6 aromatic carbocycles. The van der Waals surface area contributed by atoms with Crippen LogP contribution in [-0.4, -0.2) is 84.7 Å².